The van der Waals surface area contributed by atoms with Gasteiger partial charge >= 0.3 is 5.97 Å². The predicted octanol–water partition coefficient (Wildman–Crippen LogP) is 2.40. The molecule has 1 fully saturated rings. The number of aryl methyl sites for hydroxylation is 1. The summed E-state index contributed by atoms with van der Waals surface area (Å²) in [5.74, 6) is 1.35. The van der Waals surface area contributed by atoms with Crippen LogP contribution in [-0.2, 0) is 21.5 Å². The van der Waals surface area contributed by atoms with Gasteiger partial charge in [-0.3, -0.25) is 5.32 Å². The monoisotopic (exact) mass is 289 g/mol. The van der Waals surface area contributed by atoms with Crippen molar-refractivity contribution in [3.63, 3.8) is 0 Å². The molecule has 0 spiro atoms. The van der Waals surface area contributed by atoms with Crippen LogP contribution >= 0.6 is 0 Å². The maximum absolute atomic E-state index is 12.6. The lowest BCUT2D eigenvalue weighted by Gasteiger charge is -2.29. The second-order valence-corrected chi connectivity index (χ2v) is 5.97. The van der Waals surface area contributed by atoms with E-state index in [-0.39, 0.29) is 5.97 Å². The van der Waals surface area contributed by atoms with Crippen LogP contribution in [0.5, 0.6) is 5.75 Å². The second-order valence-electron chi connectivity index (χ2n) is 5.97. The zero-order chi connectivity index (χ0) is 14.9. The third kappa shape index (κ3) is 2.64. The fourth-order valence-electron chi connectivity index (χ4n) is 3.12. The van der Waals surface area contributed by atoms with Crippen molar-refractivity contribution in [2.75, 3.05) is 20.3 Å². The number of rotatable bonds is 6. The predicted molar refractivity (Wildman–Crippen MR) is 80.4 cm³/mol. The molecule has 4 nitrogen and oxygen atoms in total. The molecule has 0 bridgehead atoms. The Kier molecular flexibility index (Phi) is 3.89. The van der Waals surface area contributed by atoms with Crippen molar-refractivity contribution < 1.29 is 14.3 Å². The van der Waals surface area contributed by atoms with Gasteiger partial charge in [-0.05, 0) is 68.3 Å². The van der Waals surface area contributed by atoms with Gasteiger partial charge < -0.3 is 9.47 Å². The fourth-order valence-corrected chi connectivity index (χ4v) is 3.12. The van der Waals surface area contributed by atoms with E-state index >= 15 is 0 Å². The molecule has 1 N–H and O–H groups in total. The average Bonchev–Trinajstić information content (AvgIpc) is 3.26. The summed E-state index contributed by atoms with van der Waals surface area (Å²) in [5, 5.41) is 3.52. The molecule has 1 saturated carbocycles. The summed E-state index contributed by atoms with van der Waals surface area (Å²) >= 11 is 0. The topological polar surface area (TPSA) is 47.6 Å². The first-order valence-electron chi connectivity index (χ1n) is 7.79. The molecule has 1 unspecified atom stereocenters. The maximum atomic E-state index is 12.6. The summed E-state index contributed by atoms with van der Waals surface area (Å²) in [4.78, 5) is 12.6. The van der Waals surface area contributed by atoms with Gasteiger partial charge in [0.25, 0.3) is 0 Å². The normalized spacial score (nSPS) is 23.7. The quantitative estimate of drug-likeness (QED) is 0.817. The fraction of sp³-hybridized carbons (Fsp3) is 0.588. The maximum Gasteiger partial charge on any atom is 0.331 e. The van der Waals surface area contributed by atoms with Gasteiger partial charge in [-0.25, -0.2) is 4.79 Å². The molecule has 0 aliphatic heterocycles. The van der Waals surface area contributed by atoms with Crippen LogP contribution in [-0.4, -0.2) is 26.2 Å². The Morgan fingerprint density at radius 2 is 2.24 bits per heavy atom. The number of carbonyl (C=O) groups excluding carboxylic acids is 1. The van der Waals surface area contributed by atoms with Crippen LogP contribution < -0.4 is 10.1 Å². The molecule has 114 valence electrons. The van der Waals surface area contributed by atoms with E-state index in [1.807, 2.05) is 19.1 Å². The largest absolute Gasteiger partial charge is 0.497 e. The number of carbonyl (C=O) groups is 1. The van der Waals surface area contributed by atoms with Gasteiger partial charge in [0.05, 0.1) is 13.7 Å². The summed E-state index contributed by atoms with van der Waals surface area (Å²) in [6.07, 6.45) is 4.19. The molecule has 0 aromatic heterocycles. The Morgan fingerprint density at radius 1 is 1.43 bits per heavy atom. The molecule has 0 amide bonds. The van der Waals surface area contributed by atoms with Crippen LogP contribution in [0.25, 0.3) is 0 Å². The minimum atomic E-state index is -0.692. The van der Waals surface area contributed by atoms with E-state index < -0.39 is 5.54 Å². The van der Waals surface area contributed by atoms with Crippen molar-refractivity contribution in [1.29, 1.82) is 0 Å². The SMILES string of the molecule is CCOC(=O)C1(NCC2CC2)CCc2ccc(OC)cc21. The van der Waals surface area contributed by atoms with Crippen molar-refractivity contribution in [3.05, 3.63) is 29.3 Å². The van der Waals surface area contributed by atoms with Gasteiger partial charge in [-0.2, -0.15) is 0 Å². The van der Waals surface area contributed by atoms with E-state index in [0.717, 1.165) is 30.7 Å². The molecule has 4 heteroatoms. The number of esters is 1. The lowest BCUT2D eigenvalue weighted by Crippen LogP contribution is -2.49. The lowest BCUT2D eigenvalue weighted by atomic mass is 9.91. The smallest absolute Gasteiger partial charge is 0.331 e. The molecule has 0 saturated heterocycles. The zero-order valence-electron chi connectivity index (χ0n) is 12.8. The average molecular weight is 289 g/mol. The van der Waals surface area contributed by atoms with E-state index in [1.54, 1.807) is 7.11 Å². The van der Waals surface area contributed by atoms with E-state index in [9.17, 15) is 4.79 Å². The molecule has 1 atom stereocenters. The van der Waals surface area contributed by atoms with Crippen LogP contribution in [0.4, 0.5) is 0 Å². The van der Waals surface area contributed by atoms with Gasteiger partial charge in [0.15, 0.2) is 0 Å². The number of benzene rings is 1. The Bertz CT molecular complexity index is 539. The van der Waals surface area contributed by atoms with E-state index in [2.05, 4.69) is 11.4 Å². The number of fused-ring (bicyclic) bond motifs is 1. The highest BCUT2D eigenvalue weighted by Gasteiger charge is 2.47. The highest BCUT2D eigenvalue weighted by atomic mass is 16.5. The molecule has 2 aliphatic carbocycles. The van der Waals surface area contributed by atoms with Gasteiger partial charge in [-0.15, -0.1) is 0 Å². The first kappa shape index (κ1) is 14.4. The third-order valence-corrected chi connectivity index (χ3v) is 4.56. The Morgan fingerprint density at radius 3 is 2.90 bits per heavy atom. The number of hydrogen-bond donors (Lipinski definition) is 1. The molecule has 0 heterocycles. The second kappa shape index (κ2) is 5.68. The first-order chi connectivity index (χ1) is 10.2. The Balaban J connectivity index is 1.94. The minimum absolute atomic E-state index is 0.155. The van der Waals surface area contributed by atoms with Crippen molar-refractivity contribution in [2.45, 2.75) is 38.1 Å². The summed E-state index contributed by atoms with van der Waals surface area (Å²) in [6, 6.07) is 6.01. The van der Waals surface area contributed by atoms with Gasteiger partial charge in [-0.1, -0.05) is 6.07 Å². The first-order valence-corrected chi connectivity index (χ1v) is 7.79. The number of hydrogen-bond acceptors (Lipinski definition) is 4. The molecule has 2 aliphatic rings. The standard InChI is InChI=1S/C17H23NO3/c1-3-21-16(19)17(18-11-12-4-5-12)9-8-13-6-7-14(20-2)10-15(13)17/h6-7,10,12,18H,3-5,8-9,11H2,1-2H3. The Labute approximate surface area is 125 Å². The lowest BCUT2D eigenvalue weighted by molar-refractivity contribution is -0.151. The highest BCUT2D eigenvalue weighted by Crippen LogP contribution is 2.41. The van der Waals surface area contributed by atoms with Gasteiger partial charge in [0, 0.05) is 0 Å². The van der Waals surface area contributed by atoms with Crippen molar-refractivity contribution in [2.24, 2.45) is 5.92 Å². The van der Waals surface area contributed by atoms with Gasteiger partial charge in [0.1, 0.15) is 11.3 Å². The van der Waals surface area contributed by atoms with Crippen LogP contribution in [0.2, 0.25) is 0 Å². The van der Waals surface area contributed by atoms with E-state index in [1.165, 1.54) is 18.4 Å². The summed E-state index contributed by atoms with van der Waals surface area (Å²) in [7, 11) is 1.65. The van der Waals surface area contributed by atoms with Crippen LogP contribution in [0, 0.1) is 5.92 Å². The molecular formula is C17H23NO3. The van der Waals surface area contributed by atoms with E-state index in [0.29, 0.717) is 12.5 Å². The highest BCUT2D eigenvalue weighted by molar-refractivity contribution is 5.84. The minimum Gasteiger partial charge on any atom is -0.497 e. The molecular weight excluding hydrogens is 266 g/mol. The Hall–Kier alpha value is -1.55. The van der Waals surface area contributed by atoms with Crippen molar-refractivity contribution >= 4 is 5.97 Å². The van der Waals surface area contributed by atoms with Crippen LogP contribution in [0.3, 0.4) is 0 Å². The van der Waals surface area contributed by atoms with Crippen molar-refractivity contribution in [3.8, 4) is 5.75 Å². The van der Waals surface area contributed by atoms with Crippen LogP contribution in [0.1, 0.15) is 37.3 Å². The van der Waals surface area contributed by atoms with Crippen LogP contribution in [0.15, 0.2) is 18.2 Å². The molecule has 1 aromatic carbocycles. The van der Waals surface area contributed by atoms with Crippen molar-refractivity contribution in [1.82, 2.24) is 5.32 Å². The number of ether oxygens (including phenoxy) is 2. The number of methoxy groups -OCH3 is 1. The molecule has 3 rings (SSSR count). The zero-order valence-corrected chi connectivity index (χ0v) is 12.8. The summed E-state index contributed by atoms with van der Waals surface area (Å²) < 4.78 is 10.7. The van der Waals surface area contributed by atoms with E-state index in [4.69, 9.17) is 9.47 Å². The molecule has 0 radical (unpaired) electrons. The molecule has 1 aromatic rings. The number of nitrogens with one attached hydrogen (secondary N) is 1. The summed E-state index contributed by atoms with van der Waals surface area (Å²) in [5.41, 5.74) is 1.55. The summed E-state index contributed by atoms with van der Waals surface area (Å²) in [6.45, 7) is 3.15. The molecule has 21 heavy (non-hydrogen) atoms. The third-order valence-electron chi connectivity index (χ3n) is 4.56. The van der Waals surface area contributed by atoms with Gasteiger partial charge in [0.2, 0.25) is 0 Å².